The molecule has 1 aromatic heterocycles. The first-order valence-electron chi connectivity index (χ1n) is 4.00. The molecule has 0 radical (unpaired) electrons. The van der Waals surface area contributed by atoms with Crippen molar-refractivity contribution in [3.63, 3.8) is 0 Å². The summed E-state index contributed by atoms with van der Waals surface area (Å²) in [4.78, 5) is 11.1. The molecule has 0 atom stereocenters. The van der Waals surface area contributed by atoms with E-state index in [1.807, 2.05) is 0 Å². The monoisotopic (exact) mass is 208 g/mol. The summed E-state index contributed by atoms with van der Waals surface area (Å²) in [7, 11) is 1.54. The number of phenolic OH excluding ortho intramolecular Hbond substituents is 1. The van der Waals surface area contributed by atoms with Crippen LogP contribution < -0.4 is 4.74 Å². The van der Waals surface area contributed by atoms with Gasteiger partial charge in [-0.3, -0.25) is 4.79 Å². The van der Waals surface area contributed by atoms with Gasteiger partial charge in [-0.15, -0.1) is 11.3 Å². The molecular weight excluding hydrogens is 200 g/mol. The molecule has 3 nitrogen and oxygen atoms in total. The van der Waals surface area contributed by atoms with Crippen molar-refractivity contribution < 1.29 is 14.6 Å². The summed E-state index contributed by atoms with van der Waals surface area (Å²) in [5, 5.41) is 10.4. The normalized spacial score (nSPS) is 10.4. The Morgan fingerprint density at radius 2 is 2.21 bits per heavy atom. The summed E-state index contributed by atoms with van der Waals surface area (Å²) < 4.78 is 5.72. The second kappa shape index (κ2) is 3.31. The fraction of sp³-hybridized carbons (Fsp3) is 0.100. The second-order valence-corrected chi connectivity index (χ2v) is 3.92. The Kier molecular flexibility index (Phi) is 2.13. The number of aldehydes is 1. The maximum absolute atomic E-state index is 10.5. The minimum Gasteiger partial charge on any atom is -0.506 e. The van der Waals surface area contributed by atoms with E-state index in [0.29, 0.717) is 15.3 Å². The highest BCUT2D eigenvalue weighted by atomic mass is 32.1. The fourth-order valence-electron chi connectivity index (χ4n) is 1.30. The number of aromatic hydroxyl groups is 1. The maximum atomic E-state index is 10.5. The Morgan fingerprint density at radius 1 is 1.43 bits per heavy atom. The fourth-order valence-corrected chi connectivity index (χ4v) is 2.17. The van der Waals surface area contributed by atoms with E-state index in [-0.39, 0.29) is 5.75 Å². The molecule has 1 aromatic carbocycles. The van der Waals surface area contributed by atoms with E-state index in [1.54, 1.807) is 12.1 Å². The molecule has 0 amide bonds. The summed E-state index contributed by atoms with van der Waals surface area (Å²) in [5.74, 6) is 0.739. The number of hydrogen-bond acceptors (Lipinski definition) is 4. The van der Waals surface area contributed by atoms with Gasteiger partial charge in [0.1, 0.15) is 11.5 Å². The van der Waals surface area contributed by atoms with Crippen molar-refractivity contribution in [2.45, 2.75) is 0 Å². The van der Waals surface area contributed by atoms with Gasteiger partial charge in [0.25, 0.3) is 0 Å². The minimum absolute atomic E-state index is 0.150. The number of carbonyl (C=O) groups is 1. The van der Waals surface area contributed by atoms with Crippen molar-refractivity contribution in [2.75, 3.05) is 7.11 Å². The highest BCUT2D eigenvalue weighted by molar-refractivity contribution is 7.20. The van der Waals surface area contributed by atoms with E-state index in [4.69, 9.17) is 4.74 Å². The molecule has 1 N–H and O–H groups in total. The lowest BCUT2D eigenvalue weighted by Crippen LogP contribution is -1.80. The lowest BCUT2D eigenvalue weighted by Gasteiger charge is -2.00. The summed E-state index contributed by atoms with van der Waals surface area (Å²) >= 11 is 1.27. The molecule has 1 heterocycles. The number of thiophene rings is 1. The zero-order valence-corrected chi connectivity index (χ0v) is 8.30. The van der Waals surface area contributed by atoms with Gasteiger partial charge in [0.15, 0.2) is 6.29 Å². The lowest BCUT2D eigenvalue weighted by molar-refractivity contribution is 0.112. The van der Waals surface area contributed by atoms with Crippen molar-refractivity contribution in [3.05, 3.63) is 23.1 Å². The third kappa shape index (κ3) is 1.33. The standard InChI is InChI=1S/C10H8O3S/c1-13-7-2-6-3-8(5-11)14-10(6)9(12)4-7/h2-5,12H,1H3. The van der Waals surface area contributed by atoms with Crippen LogP contribution >= 0.6 is 11.3 Å². The van der Waals surface area contributed by atoms with E-state index >= 15 is 0 Å². The van der Waals surface area contributed by atoms with Gasteiger partial charge in [0, 0.05) is 11.5 Å². The topological polar surface area (TPSA) is 46.5 Å². The Balaban J connectivity index is 2.73. The molecule has 0 fully saturated rings. The van der Waals surface area contributed by atoms with Crippen LogP contribution in [0.1, 0.15) is 9.67 Å². The summed E-state index contributed by atoms with van der Waals surface area (Å²) in [6, 6.07) is 5.06. The van der Waals surface area contributed by atoms with Crippen molar-refractivity contribution in [2.24, 2.45) is 0 Å². The molecule has 2 rings (SSSR count). The lowest BCUT2D eigenvalue weighted by atomic mass is 10.2. The number of rotatable bonds is 2. The van der Waals surface area contributed by atoms with E-state index in [2.05, 4.69) is 0 Å². The van der Waals surface area contributed by atoms with Crippen molar-refractivity contribution in [1.29, 1.82) is 0 Å². The van der Waals surface area contributed by atoms with Gasteiger partial charge in [0.05, 0.1) is 16.7 Å². The molecule has 4 heteroatoms. The van der Waals surface area contributed by atoms with Crippen LogP contribution in [-0.4, -0.2) is 18.5 Å². The number of methoxy groups -OCH3 is 1. The quantitative estimate of drug-likeness (QED) is 0.771. The molecule has 0 bridgehead atoms. The highest BCUT2D eigenvalue weighted by Gasteiger charge is 2.07. The first-order chi connectivity index (χ1) is 6.74. The molecular formula is C10H8O3S. The number of fused-ring (bicyclic) bond motifs is 1. The second-order valence-electron chi connectivity index (χ2n) is 2.83. The van der Waals surface area contributed by atoms with E-state index in [9.17, 15) is 9.90 Å². The predicted molar refractivity (Wildman–Crippen MR) is 55.4 cm³/mol. The minimum atomic E-state index is 0.150. The summed E-state index contributed by atoms with van der Waals surface area (Å²) in [6.07, 6.45) is 0.774. The number of carbonyl (C=O) groups excluding carboxylic acids is 1. The zero-order valence-electron chi connectivity index (χ0n) is 7.48. The molecule has 0 aliphatic carbocycles. The first kappa shape index (κ1) is 9.02. The number of phenols is 1. The van der Waals surface area contributed by atoms with Crippen molar-refractivity contribution >= 4 is 27.7 Å². The van der Waals surface area contributed by atoms with Gasteiger partial charge in [-0.05, 0) is 12.1 Å². The smallest absolute Gasteiger partial charge is 0.160 e. The molecule has 0 aliphatic heterocycles. The van der Waals surface area contributed by atoms with Crippen LogP contribution in [0.4, 0.5) is 0 Å². The van der Waals surface area contributed by atoms with Crippen LogP contribution in [0.3, 0.4) is 0 Å². The molecule has 0 saturated carbocycles. The van der Waals surface area contributed by atoms with Crippen molar-refractivity contribution in [3.8, 4) is 11.5 Å². The van der Waals surface area contributed by atoms with Crippen LogP contribution in [0.2, 0.25) is 0 Å². The summed E-state index contributed by atoms with van der Waals surface area (Å²) in [6.45, 7) is 0. The van der Waals surface area contributed by atoms with Crippen LogP contribution in [0, 0.1) is 0 Å². The predicted octanol–water partition coefficient (Wildman–Crippen LogP) is 2.43. The molecule has 0 unspecified atom stereocenters. The molecule has 0 aliphatic rings. The van der Waals surface area contributed by atoms with E-state index < -0.39 is 0 Å². The molecule has 2 aromatic rings. The Labute approximate surface area is 84.6 Å². The molecule has 0 saturated heterocycles. The maximum Gasteiger partial charge on any atom is 0.160 e. The van der Waals surface area contributed by atoms with E-state index in [0.717, 1.165) is 11.7 Å². The van der Waals surface area contributed by atoms with Gasteiger partial charge < -0.3 is 9.84 Å². The SMILES string of the molecule is COc1cc(O)c2sc(C=O)cc2c1. The molecule has 0 spiro atoms. The average Bonchev–Trinajstić information content (AvgIpc) is 2.61. The first-order valence-corrected chi connectivity index (χ1v) is 4.82. The summed E-state index contributed by atoms with van der Waals surface area (Å²) in [5.41, 5.74) is 0. The Morgan fingerprint density at radius 3 is 2.86 bits per heavy atom. The zero-order chi connectivity index (χ0) is 10.1. The van der Waals surface area contributed by atoms with Gasteiger partial charge in [-0.25, -0.2) is 0 Å². The van der Waals surface area contributed by atoms with E-state index in [1.165, 1.54) is 24.5 Å². The number of hydrogen-bond donors (Lipinski definition) is 1. The average molecular weight is 208 g/mol. The number of benzene rings is 1. The highest BCUT2D eigenvalue weighted by Crippen LogP contribution is 2.35. The van der Waals surface area contributed by atoms with Crippen LogP contribution in [0.15, 0.2) is 18.2 Å². The van der Waals surface area contributed by atoms with Gasteiger partial charge in [-0.1, -0.05) is 0 Å². The Bertz CT molecular complexity index is 487. The van der Waals surface area contributed by atoms with Crippen LogP contribution in [0.5, 0.6) is 11.5 Å². The van der Waals surface area contributed by atoms with Gasteiger partial charge >= 0.3 is 0 Å². The van der Waals surface area contributed by atoms with Crippen LogP contribution in [-0.2, 0) is 0 Å². The van der Waals surface area contributed by atoms with Crippen molar-refractivity contribution in [1.82, 2.24) is 0 Å². The Hall–Kier alpha value is -1.55. The third-order valence-corrected chi connectivity index (χ3v) is 3.04. The molecule has 14 heavy (non-hydrogen) atoms. The number of ether oxygens (including phenoxy) is 1. The largest absolute Gasteiger partial charge is 0.506 e. The van der Waals surface area contributed by atoms with Gasteiger partial charge in [-0.2, -0.15) is 0 Å². The van der Waals surface area contributed by atoms with Crippen LogP contribution in [0.25, 0.3) is 10.1 Å². The molecule has 72 valence electrons. The third-order valence-electron chi connectivity index (χ3n) is 1.94. The van der Waals surface area contributed by atoms with Gasteiger partial charge in [0.2, 0.25) is 0 Å².